The van der Waals surface area contributed by atoms with Crippen molar-refractivity contribution in [2.75, 3.05) is 12.5 Å². The molecule has 1 aliphatic rings. The van der Waals surface area contributed by atoms with E-state index in [1.165, 1.54) is 12.1 Å². The lowest BCUT2D eigenvalue weighted by Crippen LogP contribution is -2.36. The van der Waals surface area contributed by atoms with Crippen molar-refractivity contribution in [3.8, 4) is 17.0 Å². The molecule has 1 amide bonds. The molecule has 0 spiro atoms. The number of hydrogen-bond donors (Lipinski definition) is 0. The summed E-state index contributed by atoms with van der Waals surface area (Å²) in [6, 6.07) is 9.97. The summed E-state index contributed by atoms with van der Waals surface area (Å²) < 4.78 is 46.4. The number of hydrogen-bond acceptors (Lipinski definition) is 4. The Balaban J connectivity index is 0.00000141. The Kier molecular flexibility index (Phi) is 7.84. The minimum Gasteiger partial charge on any atom is -0.480 e. The fourth-order valence-electron chi connectivity index (χ4n) is 3.74. The Morgan fingerprint density at radius 3 is 2.56 bits per heavy atom. The van der Waals surface area contributed by atoms with Gasteiger partial charge in [-0.1, -0.05) is 19.9 Å². The molecule has 9 heteroatoms. The lowest BCUT2D eigenvalue weighted by atomic mass is 9.99. The molecule has 32 heavy (non-hydrogen) atoms. The van der Waals surface area contributed by atoms with Crippen molar-refractivity contribution in [1.82, 2.24) is 14.7 Å². The third kappa shape index (κ3) is 5.09. The summed E-state index contributed by atoms with van der Waals surface area (Å²) in [5, 5.41) is 4.48. The normalized spacial score (nSPS) is 12.6. The monoisotopic (exact) mass is 463 g/mol. The van der Waals surface area contributed by atoms with Crippen LogP contribution in [0.25, 0.3) is 11.3 Å². The third-order valence-electron chi connectivity index (χ3n) is 4.98. The minimum absolute atomic E-state index is 0.0595. The Morgan fingerprint density at radius 1 is 1.16 bits per heavy atom. The van der Waals surface area contributed by atoms with Crippen LogP contribution in [0.4, 0.5) is 12.7 Å². The van der Waals surface area contributed by atoms with Crippen molar-refractivity contribution in [2.24, 2.45) is 7.05 Å². The molecule has 0 fully saturated rings. The number of aromatic nitrogens is 2. The van der Waals surface area contributed by atoms with Crippen LogP contribution in [0, 0.1) is 11.6 Å². The average Bonchev–Trinajstić information content (AvgIpc) is 3.13. The average molecular weight is 464 g/mol. The molecular weight excluding hydrogens is 439 g/mol. The highest BCUT2D eigenvalue weighted by molar-refractivity contribution is 7.94. The number of amides is 1. The Hall–Kier alpha value is -2.94. The van der Waals surface area contributed by atoms with Crippen molar-refractivity contribution >= 4 is 18.1 Å². The zero-order chi connectivity index (χ0) is 23.3. The van der Waals surface area contributed by atoms with E-state index in [1.807, 2.05) is 13.8 Å². The van der Waals surface area contributed by atoms with Gasteiger partial charge in [-0.2, -0.15) is 8.98 Å². The summed E-state index contributed by atoms with van der Waals surface area (Å²) in [5.74, 6) is -1.23. The van der Waals surface area contributed by atoms with Gasteiger partial charge in [0.25, 0.3) is 5.91 Å². The Morgan fingerprint density at radius 2 is 1.88 bits per heavy atom. The van der Waals surface area contributed by atoms with Crippen molar-refractivity contribution in [1.29, 1.82) is 0 Å². The number of nitrogens with zero attached hydrogens (tertiary/aromatic N) is 3. The van der Waals surface area contributed by atoms with Crippen LogP contribution in [0.15, 0.2) is 42.5 Å². The molecule has 0 saturated carbocycles. The van der Waals surface area contributed by atoms with E-state index in [2.05, 4.69) is 5.10 Å². The van der Waals surface area contributed by atoms with Crippen LogP contribution in [0.3, 0.4) is 0 Å². The number of carbonyl (C=O) groups is 1. The molecule has 0 atom stereocenters. The summed E-state index contributed by atoms with van der Waals surface area (Å²) in [4.78, 5) is 14.6. The van der Waals surface area contributed by atoms with Crippen LogP contribution >= 0.6 is 12.1 Å². The van der Waals surface area contributed by atoms with E-state index in [9.17, 15) is 17.5 Å². The zero-order valence-electron chi connectivity index (χ0n) is 18.1. The van der Waals surface area contributed by atoms with Gasteiger partial charge in [-0.3, -0.25) is 9.48 Å². The lowest BCUT2D eigenvalue weighted by molar-refractivity contribution is 0.0732. The van der Waals surface area contributed by atoms with Gasteiger partial charge < -0.3 is 9.64 Å². The number of halogens is 3. The second-order valence-electron chi connectivity index (χ2n) is 6.93. The van der Waals surface area contributed by atoms with Gasteiger partial charge in [0.05, 0.1) is 30.1 Å². The number of rotatable bonds is 5. The molecule has 0 unspecified atom stereocenters. The van der Waals surface area contributed by atoms with Crippen LogP contribution in [0.5, 0.6) is 5.75 Å². The van der Waals surface area contributed by atoms with E-state index in [-0.39, 0.29) is 30.5 Å². The maximum absolute atomic E-state index is 13.7. The van der Waals surface area contributed by atoms with Crippen molar-refractivity contribution in [3.63, 3.8) is 0 Å². The molecule has 0 saturated heterocycles. The fourth-order valence-corrected chi connectivity index (χ4v) is 3.92. The maximum Gasteiger partial charge on any atom is 0.254 e. The van der Waals surface area contributed by atoms with Crippen LogP contribution in [0.2, 0.25) is 0 Å². The first-order valence-electron chi connectivity index (χ1n) is 10.2. The first kappa shape index (κ1) is 23.7. The van der Waals surface area contributed by atoms with Gasteiger partial charge >= 0.3 is 0 Å². The second kappa shape index (κ2) is 10.6. The molecule has 0 aliphatic carbocycles. The predicted octanol–water partition coefficient (Wildman–Crippen LogP) is 5.54. The highest BCUT2D eigenvalue weighted by Crippen LogP contribution is 2.31. The van der Waals surface area contributed by atoms with Crippen LogP contribution in [-0.4, -0.2) is 33.1 Å². The van der Waals surface area contributed by atoms with Gasteiger partial charge in [0, 0.05) is 36.3 Å². The summed E-state index contributed by atoms with van der Waals surface area (Å²) in [6.07, 6.45) is 0.511. The molecule has 0 bridgehead atoms. The summed E-state index contributed by atoms with van der Waals surface area (Å²) in [7, 11) is 1.71. The molecule has 2 aromatic carbocycles. The van der Waals surface area contributed by atoms with Crippen LogP contribution in [0.1, 0.15) is 35.5 Å². The minimum atomic E-state index is -0.652. The number of carbonyl (C=O) groups excluding carboxylic acids is 1. The Labute approximate surface area is 189 Å². The highest BCUT2D eigenvalue weighted by Gasteiger charge is 2.28. The zero-order valence-corrected chi connectivity index (χ0v) is 18.9. The summed E-state index contributed by atoms with van der Waals surface area (Å²) in [6.45, 7) is 4.72. The van der Waals surface area contributed by atoms with Gasteiger partial charge in [0.15, 0.2) is 5.94 Å². The SMILES string of the molecule is CC.Cn1nc2c(c1-c1cc(F)cc(F)c1)CCN(C(=O)c1cccc(OCSF)c1)C2. The largest absolute Gasteiger partial charge is 0.480 e. The van der Waals surface area contributed by atoms with E-state index in [0.29, 0.717) is 41.2 Å². The van der Waals surface area contributed by atoms with Crippen molar-refractivity contribution < 1.29 is 22.2 Å². The fraction of sp³-hybridized carbons (Fsp3) is 0.304. The molecule has 1 aromatic heterocycles. The number of fused-ring (bicyclic) bond motifs is 1. The standard InChI is InChI=1S/C21H18F3N3O2S.C2H6/c1-26-20(14-7-15(22)10-16(23)8-14)18-5-6-27(11-19(18)25-26)21(28)13-3-2-4-17(9-13)29-12-30-24;1-2/h2-4,7-10H,5-6,11-12H2,1H3;1-2H3. The maximum atomic E-state index is 13.7. The first-order valence-corrected chi connectivity index (χ1v) is 11.1. The van der Waals surface area contributed by atoms with E-state index in [4.69, 9.17) is 4.74 Å². The van der Waals surface area contributed by atoms with Gasteiger partial charge in [0.1, 0.15) is 17.4 Å². The molecule has 0 radical (unpaired) electrons. The molecule has 5 nitrogen and oxygen atoms in total. The molecular formula is C23H24F3N3O2S. The first-order chi connectivity index (χ1) is 15.5. The van der Waals surface area contributed by atoms with E-state index < -0.39 is 11.6 Å². The predicted molar refractivity (Wildman–Crippen MR) is 119 cm³/mol. The molecule has 0 N–H and O–H groups in total. The topological polar surface area (TPSA) is 47.4 Å². The van der Waals surface area contributed by atoms with E-state index in [1.54, 1.807) is 40.9 Å². The van der Waals surface area contributed by atoms with Crippen molar-refractivity contribution in [3.05, 3.63) is 70.9 Å². The van der Waals surface area contributed by atoms with Gasteiger partial charge in [-0.05, 0) is 36.8 Å². The summed E-state index contributed by atoms with van der Waals surface area (Å²) in [5.41, 5.74) is 3.07. The molecule has 3 aromatic rings. The quantitative estimate of drug-likeness (QED) is 0.466. The number of benzene rings is 2. The van der Waals surface area contributed by atoms with E-state index >= 15 is 0 Å². The molecule has 170 valence electrons. The van der Waals surface area contributed by atoms with Gasteiger partial charge in [0.2, 0.25) is 0 Å². The lowest BCUT2D eigenvalue weighted by Gasteiger charge is -2.27. The smallest absolute Gasteiger partial charge is 0.254 e. The number of aryl methyl sites for hydroxylation is 1. The number of ether oxygens (including phenoxy) is 1. The van der Waals surface area contributed by atoms with Gasteiger partial charge in [-0.25, -0.2) is 8.78 Å². The van der Waals surface area contributed by atoms with Crippen molar-refractivity contribution in [2.45, 2.75) is 26.8 Å². The molecule has 4 rings (SSSR count). The third-order valence-corrected chi connectivity index (χ3v) is 5.18. The summed E-state index contributed by atoms with van der Waals surface area (Å²) >= 11 is 0.0595. The Bertz CT molecular complexity index is 1080. The van der Waals surface area contributed by atoms with Gasteiger partial charge in [-0.15, -0.1) is 0 Å². The van der Waals surface area contributed by atoms with Crippen LogP contribution < -0.4 is 4.74 Å². The second-order valence-corrected chi connectivity index (χ2v) is 7.39. The highest BCUT2D eigenvalue weighted by atomic mass is 32.2. The van der Waals surface area contributed by atoms with E-state index in [0.717, 1.165) is 11.6 Å². The van der Waals surface area contributed by atoms with Crippen LogP contribution in [-0.2, 0) is 20.0 Å². The molecule has 1 aliphatic heterocycles. The molecule has 2 heterocycles.